The smallest absolute Gasteiger partial charge is 0.148 e. The minimum Gasteiger partial charge on any atom is -0.391 e. The van der Waals surface area contributed by atoms with Crippen molar-refractivity contribution >= 4 is 11.6 Å². The first-order chi connectivity index (χ1) is 9.24. The second-order valence-electron chi connectivity index (χ2n) is 6.58. The number of aliphatic hydroxyl groups excluding tert-OH is 1. The van der Waals surface area contributed by atoms with Crippen molar-refractivity contribution < 1.29 is 5.11 Å². The fraction of sp³-hybridized carbons (Fsp3) is 0.714. The van der Waals surface area contributed by atoms with Crippen LogP contribution in [-0.4, -0.2) is 27.7 Å². The molecule has 1 rings (SSSR count). The van der Waals surface area contributed by atoms with Gasteiger partial charge >= 0.3 is 0 Å². The van der Waals surface area contributed by atoms with Gasteiger partial charge in [0.15, 0.2) is 0 Å². The van der Waals surface area contributed by atoms with Gasteiger partial charge in [-0.25, -0.2) is 15.8 Å². The molecule has 0 radical (unpaired) electrons. The molecule has 6 heteroatoms. The van der Waals surface area contributed by atoms with Gasteiger partial charge in [-0.15, -0.1) is 0 Å². The standard InChI is InChI=1S/C14H27N5O/c1-9(2)11-12(17-8-18-13(11)19-15)16-7-10(20)6-14(3,4)5/h8-10,20H,6-7,15H2,1-5H3,(H2,16,17,18,19). The lowest BCUT2D eigenvalue weighted by Crippen LogP contribution is -2.26. The largest absolute Gasteiger partial charge is 0.391 e. The van der Waals surface area contributed by atoms with E-state index in [1.165, 1.54) is 6.33 Å². The van der Waals surface area contributed by atoms with E-state index < -0.39 is 6.10 Å². The fourth-order valence-electron chi connectivity index (χ4n) is 2.19. The van der Waals surface area contributed by atoms with E-state index in [9.17, 15) is 5.11 Å². The van der Waals surface area contributed by atoms with Crippen molar-refractivity contribution in [1.29, 1.82) is 0 Å². The molecule has 5 N–H and O–H groups in total. The van der Waals surface area contributed by atoms with Gasteiger partial charge in [0.1, 0.15) is 18.0 Å². The first-order valence-corrected chi connectivity index (χ1v) is 6.98. The van der Waals surface area contributed by atoms with Gasteiger partial charge in [0, 0.05) is 12.1 Å². The third kappa shape index (κ3) is 4.94. The predicted octanol–water partition coefficient (Wildman–Crippen LogP) is 2.09. The Bertz CT molecular complexity index is 428. The molecule has 0 spiro atoms. The van der Waals surface area contributed by atoms with E-state index >= 15 is 0 Å². The van der Waals surface area contributed by atoms with Crippen LogP contribution in [0, 0.1) is 5.41 Å². The van der Waals surface area contributed by atoms with E-state index in [1.54, 1.807) is 0 Å². The Hall–Kier alpha value is -1.40. The number of aliphatic hydroxyl groups is 1. The zero-order valence-corrected chi connectivity index (χ0v) is 13.1. The van der Waals surface area contributed by atoms with E-state index in [1.807, 2.05) is 0 Å². The maximum absolute atomic E-state index is 10.1. The highest BCUT2D eigenvalue weighted by Gasteiger charge is 2.18. The second-order valence-corrected chi connectivity index (χ2v) is 6.58. The van der Waals surface area contributed by atoms with Crippen LogP contribution in [0.15, 0.2) is 6.33 Å². The zero-order valence-electron chi connectivity index (χ0n) is 13.1. The number of hydrogen-bond acceptors (Lipinski definition) is 6. The van der Waals surface area contributed by atoms with Gasteiger partial charge in [0.25, 0.3) is 0 Å². The molecule has 1 unspecified atom stereocenters. The van der Waals surface area contributed by atoms with Crippen molar-refractivity contribution in [2.24, 2.45) is 11.3 Å². The summed E-state index contributed by atoms with van der Waals surface area (Å²) in [6.07, 6.45) is 1.77. The molecule has 6 nitrogen and oxygen atoms in total. The molecule has 0 aromatic carbocycles. The lowest BCUT2D eigenvalue weighted by Gasteiger charge is -2.23. The molecule has 1 atom stereocenters. The van der Waals surface area contributed by atoms with Crippen LogP contribution in [0.3, 0.4) is 0 Å². The first kappa shape index (κ1) is 16.7. The van der Waals surface area contributed by atoms with Gasteiger partial charge in [0.05, 0.1) is 6.10 Å². The van der Waals surface area contributed by atoms with Crippen molar-refractivity contribution in [3.8, 4) is 0 Å². The van der Waals surface area contributed by atoms with Gasteiger partial charge < -0.3 is 15.8 Å². The molecule has 114 valence electrons. The van der Waals surface area contributed by atoms with Crippen LogP contribution in [0.5, 0.6) is 0 Å². The molecule has 1 heterocycles. The summed E-state index contributed by atoms with van der Waals surface area (Å²) in [5.41, 5.74) is 3.61. The molecule has 0 fully saturated rings. The number of rotatable bonds is 6. The minimum atomic E-state index is -0.417. The lowest BCUT2D eigenvalue weighted by molar-refractivity contribution is 0.132. The van der Waals surface area contributed by atoms with Crippen LogP contribution < -0.4 is 16.6 Å². The van der Waals surface area contributed by atoms with Crippen LogP contribution in [0.4, 0.5) is 11.6 Å². The van der Waals surface area contributed by atoms with Crippen LogP contribution in [0.1, 0.15) is 52.5 Å². The Morgan fingerprint density at radius 2 is 1.85 bits per heavy atom. The Morgan fingerprint density at radius 3 is 2.35 bits per heavy atom. The average Bonchev–Trinajstić information content (AvgIpc) is 2.33. The number of hydrazine groups is 1. The SMILES string of the molecule is CC(C)c1c(NN)ncnc1NCC(O)CC(C)(C)C. The molecule has 0 saturated heterocycles. The predicted molar refractivity (Wildman–Crippen MR) is 82.5 cm³/mol. The normalized spacial score (nSPS) is 13.4. The Morgan fingerprint density at radius 1 is 1.25 bits per heavy atom. The molecule has 0 aliphatic rings. The Labute approximate surface area is 121 Å². The van der Waals surface area contributed by atoms with E-state index in [0.717, 1.165) is 17.8 Å². The monoisotopic (exact) mass is 281 g/mol. The average molecular weight is 281 g/mol. The summed E-state index contributed by atoms with van der Waals surface area (Å²) in [5, 5.41) is 13.3. The molecular weight excluding hydrogens is 254 g/mol. The number of nitrogens with one attached hydrogen (secondary N) is 2. The fourth-order valence-corrected chi connectivity index (χ4v) is 2.19. The summed E-state index contributed by atoms with van der Waals surface area (Å²) in [5.74, 6) is 7.04. The molecule has 20 heavy (non-hydrogen) atoms. The van der Waals surface area contributed by atoms with Crippen molar-refractivity contribution in [3.05, 3.63) is 11.9 Å². The summed E-state index contributed by atoms with van der Waals surface area (Å²) >= 11 is 0. The zero-order chi connectivity index (χ0) is 15.3. The number of nitrogens with two attached hydrogens (primary N) is 1. The van der Waals surface area contributed by atoms with Gasteiger partial charge in [-0.2, -0.15) is 0 Å². The van der Waals surface area contributed by atoms with Crippen molar-refractivity contribution in [3.63, 3.8) is 0 Å². The summed E-state index contributed by atoms with van der Waals surface area (Å²) in [7, 11) is 0. The van der Waals surface area contributed by atoms with E-state index in [2.05, 4.69) is 55.3 Å². The number of nitrogens with zero attached hydrogens (tertiary/aromatic N) is 2. The van der Waals surface area contributed by atoms with Crippen molar-refractivity contribution in [1.82, 2.24) is 9.97 Å². The maximum atomic E-state index is 10.1. The van der Waals surface area contributed by atoms with E-state index in [0.29, 0.717) is 12.4 Å². The highest BCUT2D eigenvalue weighted by atomic mass is 16.3. The summed E-state index contributed by atoms with van der Waals surface area (Å²) in [4.78, 5) is 8.36. The number of anilines is 2. The van der Waals surface area contributed by atoms with Crippen LogP contribution in [-0.2, 0) is 0 Å². The quantitative estimate of drug-likeness (QED) is 0.471. The van der Waals surface area contributed by atoms with Gasteiger partial charge in [0.2, 0.25) is 0 Å². The Balaban J connectivity index is 2.78. The van der Waals surface area contributed by atoms with Crippen LogP contribution >= 0.6 is 0 Å². The van der Waals surface area contributed by atoms with Gasteiger partial charge in [-0.3, -0.25) is 0 Å². The third-order valence-corrected chi connectivity index (χ3v) is 2.95. The molecule has 1 aromatic heterocycles. The first-order valence-electron chi connectivity index (χ1n) is 6.98. The number of nitrogen functional groups attached to an aromatic ring is 1. The van der Waals surface area contributed by atoms with E-state index in [-0.39, 0.29) is 11.3 Å². The number of aromatic nitrogens is 2. The molecule has 0 bridgehead atoms. The molecule has 0 amide bonds. The topological polar surface area (TPSA) is 96.1 Å². The van der Waals surface area contributed by atoms with Crippen LogP contribution in [0.25, 0.3) is 0 Å². The summed E-state index contributed by atoms with van der Waals surface area (Å²) in [6, 6.07) is 0. The molecule has 0 aliphatic heterocycles. The Kier molecular flexibility index (Phi) is 5.71. The highest BCUT2D eigenvalue weighted by Crippen LogP contribution is 2.28. The van der Waals surface area contributed by atoms with Gasteiger partial charge in [-0.1, -0.05) is 34.6 Å². The minimum absolute atomic E-state index is 0.0949. The summed E-state index contributed by atoms with van der Waals surface area (Å²) < 4.78 is 0. The second kappa shape index (κ2) is 6.85. The molecule has 0 saturated carbocycles. The third-order valence-electron chi connectivity index (χ3n) is 2.95. The van der Waals surface area contributed by atoms with E-state index in [4.69, 9.17) is 5.84 Å². The van der Waals surface area contributed by atoms with Crippen molar-refractivity contribution in [2.75, 3.05) is 17.3 Å². The molecule has 0 aliphatic carbocycles. The lowest BCUT2D eigenvalue weighted by atomic mass is 9.89. The van der Waals surface area contributed by atoms with Crippen LogP contribution in [0.2, 0.25) is 0 Å². The molecular formula is C14H27N5O. The van der Waals surface area contributed by atoms with Gasteiger partial charge in [-0.05, 0) is 17.8 Å². The summed E-state index contributed by atoms with van der Waals surface area (Å²) in [6.45, 7) is 10.9. The molecule has 1 aromatic rings. The maximum Gasteiger partial charge on any atom is 0.148 e. The van der Waals surface area contributed by atoms with Crippen molar-refractivity contribution in [2.45, 2.75) is 53.1 Å². The number of hydrogen-bond donors (Lipinski definition) is 4. The highest BCUT2D eigenvalue weighted by molar-refractivity contribution is 5.58.